The second-order valence-corrected chi connectivity index (χ2v) is 0.893. The molecule has 0 aliphatic carbocycles. The van der Waals surface area contributed by atoms with E-state index in [1.807, 2.05) is 0 Å². The first-order chi connectivity index (χ1) is 4.15. The van der Waals surface area contributed by atoms with E-state index < -0.39 is 5.97 Å². The highest BCUT2D eigenvalue weighted by Gasteiger charge is 1.71. The van der Waals surface area contributed by atoms with Crippen LogP contribution in [0.15, 0.2) is 0 Å². The van der Waals surface area contributed by atoms with Crippen molar-refractivity contribution in [2.45, 2.75) is 6.92 Å². The van der Waals surface area contributed by atoms with Crippen molar-refractivity contribution in [3.05, 3.63) is 0 Å². The van der Waals surface area contributed by atoms with Gasteiger partial charge < -0.3 is 0 Å². The van der Waals surface area contributed by atoms with Crippen molar-refractivity contribution in [2.75, 3.05) is 14.2 Å². The third-order valence-electron chi connectivity index (χ3n) is 0.136. The molecule has 0 aliphatic heterocycles. The molecule has 55 valence electrons. The maximum Gasteiger partial charge on any atom is 0.352 e. The summed E-state index contributed by atoms with van der Waals surface area (Å²) in [7, 11) is 2.73. The van der Waals surface area contributed by atoms with Crippen LogP contribution in [0, 0.1) is 0 Å². The van der Waals surface area contributed by atoms with Crippen LogP contribution < -0.4 is 0 Å². The second kappa shape index (κ2) is 10.4. The van der Waals surface area contributed by atoms with E-state index in [1.54, 1.807) is 0 Å². The van der Waals surface area contributed by atoms with Crippen molar-refractivity contribution in [3.63, 3.8) is 0 Å². The molecule has 5 nitrogen and oxygen atoms in total. The molecule has 0 bridgehead atoms. The molecule has 9 heavy (non-hydrogen) atoms. The van der Waals surface area contributed by atoms with Gasteiger partial charge in [0.1, 0.15) is 0 Å². The summed E-state index contributed by atoms with van der Waals surface area (Å²) in [5, 5.41) is 12.7. The van der Waals surface area contributed by atoms with E-state index in [0.717, 1.165) is 6.92 Å². The number of rotatable bonds is 2. The Kier molecular flexibility index (Phi) is 12.9. The molecule has 0 amide bonds. The molecule has 0 heterocycles. The van der Waals surface area contributed by atoms with Crippen molar-refractivity contribution >= 4 is 5.97 Å². The van der Waals surface area contributed by atoms with Gasteiger partial charge in [-0.05, 0) is 0 Å². The van der Waals surface area contributed by atoms with Gasteiger partial charge in [-0.2, -0.15) is 0 Å². The van der Waals surface area contributed by atoms with Gasteiger partial charge in [-0.25, -0.2) is 19.7 Å². The van der Waals surface area contributed by atoms with E-state index in [1.165, 1.54) is 14.2 Å². The Morgan fingerprint density at radius 2 is 1.44 bits per heavy atom. The molecule has 0 aromatic carbocycles. The molecule has 0 unspecified atom stereocenters. The molecule has 0 aliphatic rings. The molecule has 1 radical (unpaired) electrons. The summed E-state index contributed by atoms with van der Waals surface area (Å²) in [5.74, 6) is -1.08. The van der Waals surface area contributed by atoms with Gasteiger partial charge in [-0.1, -0.05) is 5.04 Å². The molecule has 0 aromatic rings. The normalized spacial score (nSPS) is 7.44. The van der Waals surface area contributed by atoms with Crippen LogP contribution in [0.25, 0.3) is 0 Å². The maximum atomic E-state index is 8.89. The minimum absolute atomic E-state index is 0.972. The topological polar surface area (TPSA) is 64.7 Å². The van der Waals surface area contributed by atoms with E-state index in [2.05, 4.69) is 14.8 Å². The highest BCUT2D eigenvalue weighted by molar-refractivity contribution is 5.62. The van der Waals surface area contributed by atoms with Gasteiger partial charge in [-0.3, -0.25) is 0 Å². The SMILES string of the molecule is CC([O])=O.COOOC. The Labute approximate surface area is 53.0 Å². The Morgan fingerprint density at radius 3 is 1.44 bits per heavy atom. The monoisotopic (exact) mass is 137 g/mol. The van der Waals surface area contributed by atoms with Crippen molar-refractivity contribution in [1.82, 2.24) is 0 Å². The summed E-state index contributed by atoms with van der Waals surface area (Å²) in [6.07, 6.45) is 0. The van der Waals surface area contributed by atoms with Gasteiger partial charge in [-0.15, -0.1) is 0 Å². The van der Waals surface area contributed by atoms with Gasteiger partial charge >= 0.3 is 5.97 Å². The van der Waals surface area contributed by atoms with Gasteiger partial charge in [0.25, 0.3) is 0 Å². The Morgan fingerprint density at radius 1 is 1.22 bits per heavy atom. The summed E-state index contributed by atoms with van der Waals surface area (Å²) in [6, 6.07) is 0. The third-order valence-corrected chi connectivity index (χ3v) is 0.136. The highest BCUT2D eigenvalue weighted by atomic mass is 17.5. The van der Waals surface area contributed by atoms with Crippen molar-refractivity contribution in [2.24, 2.45) is 0 Å². The molecule has 0 saturated heterocycles. The van der Waals surface area contributed by atoms with Crippen LogP contribution >= 0.6 is 0 Å². The number of hydrogen-bond acceptors (Lipinski definition) is 4. The fourth-order valence-electron chi connectivity index (χ4n) is 0.0680. The van der Waals surface area contributed by atoms with Crippen LogP contribution in [0.2, 0.25) is 0 Å². The summed E-state index contributed by atoms with van der Waals surface area (Å²) >= 11 is 0. The predicted octanol–water partition coefficient (Wildman–Crippen LogP) is 0.0892. The first kappa shape index (κ1) is 11.2. The summed E-state index contributed by atoms with van der Waals surface area (Å²) in [6.45, 7) is 0.972. The quantitative estimate of drug-likeness (QED) is 0.399. The van der Waals surface area contributed by atoms with E-state index in [9.17, 15) is 0 Å². The number of carbonyl (C=O) groups excluding carboxylic acids is 1. The van der Waals surface area contributed by atoms with E-state index >= 15 is 0 Å². The average molecular weight is 137 g/mol. The summed E-state index contributed by atoms with van der Waals surface area (Å²) < 4.78 is 0. The molecular weight excluding hydrogens is 128 g/mol. The van der Waals surface area contributed by atoms with Crippen LogP contribution in [0.1, 0.15) is 6.92 Å². The summed E-state index contributed by atoms with van der Waals surface area (Å²) in [4.78, 5) is 16.8. The van der Waals surface area contributed by atoms with E-state index in [4.69, 9.17) is 9.90 Å². The molecule has 5 heteroatoms. The zero-order chi connectivity index (χ0) is 7.70. The van der Waals surface area contributed by atoms with Crippen LogP contribution in [-0.4, -0.2) is 20.2 Å². The zero-order valence-corrected chi connectivity index (χ0v) is 5.54. The van der Waals surface area contributed by atoms with Crippen LogP contribution in [0.5, 0.6) is 0 Å². The predicted molar refractivity (Wildman–Crippen MR) is 26.5 cm³/mol. The largest absolute Gasteiger partial charge is 0.352 e. The zero-order valence-electron chi connectivity index (χ0n) is 5.54. The van der Waals surface area contributed by atoms with Gasteiger partial charge in [0, 0.05) is 6.92 Å². The number of carbonyl (C=O) groups is 1. The van der Waals surface area contributed by atoms with E-state index in [-0.39, 0.29) is 0 Å². The molecular formula is C4H9O5. The molecule has 0 fully saturated rings. The van der Waals surface area contributed by atoms with Crippen molar-refractivity contribution < 1.29 is 24.7 Å². The lowest BCUT2D eigenvalue weighted by Gasteiger charge is -1.85. The first-order valence-corrected chi connectivity index (χ1v) is 2.06. The molecule has 0 N–H and O–H groups in total. The smallest absolute Gasteiger partial charge is 0.248 e. The van der Waals surface area contributed by atoms with Gasteiger partial charge in [0.05, 0.1) is 14.2 Å². The van der Waals surface area contributed by atoms with Crippen molar-refractivity contribution in [3.8, 4) is 0 Å². The first-order valence-electron chi connectivity index (χ1n) is 2.06. The molecule has 0 rings (SSSR count). The maximum absolute atomic E-state index is 8.89. The van der Waals surface area contributed by atoms with Gasteiger partial charge in [0.2, 0.25) is 0 Å². The van der Waals surface area contributed by atoms with Crippen LogP contribution in [-0.2, 0) is 24.7 Å². The lowest BCUT2D eigenvalue weighted by atomic mass is 10.9. The fraction of sp³-hybridized carbons (Fsp3) is 0.750. The highest BCUT2D eigenvalue weighted by Crippen LogP contribution is 1.64. The average Bonchev–Trinajstić information content (AvgIpc) is 1.66. The number of hydrogen-bond donors (Lipinski definition) is 0. The van der Waals surface area contributed by atoms with Crippen LogP contribution in [0.4, 0.5) is 0 Å². The Balaban J connectivity index is 0. The van der Waals surface area contributed by atoms with Gasteiger partial charge in [0.15, 0.2) is 0 Å². The molecule has 0 spiro atoms. The standard InChI is InChI=1S/C2H6O3.C2H3O2/c1-3-5-4-2;1-2(3)4/h1-2H3;1H3. The van der Waals surface area contributed by atoms with Crippen molar-refractivity contribution in [1.29, 1.82) is 0 Å². The van der Waals surface area contributed by atoms with E-state index in [0.29, 0.717) is 0 Å². The third kappa shape index (κ3) is 115. The Bertz CT molecular complexity index is 56.0. The fourth-order valence-corrected chi connectivity index (χ4v) is 0.0680. The molecule has 0 atom stereocenters. The minimum atomic E-state index is -1.08. The second-order valence-electron chi connectivity index (χ2n) is 0.893. The summed E-state index contributed by atoms with van der Waals surface area (Å²) in [5.41, 5.74) is 0. The lowest BCUT2D eigenvalue weighted by molar-refractivity contribution is -0.491. The molecule has 0 saturated carbocycles. The Hall–Kier alpha value is -0.650. The minimum Gasteiger partial charge on any atom is -0.248 e. The molecule has 0 aromatic heterocycles. The lowest BCUT2D eigenvalue weighted by Crippen LogP contribution is -1.82. The van der Waals surface area contributed by atoms with Crippen LogP contribution in [0.3, 0.4) is 0 Å².